The lowest BCUT2D eigenvalue weighted by atomic mass is 9.89. The summed E-state index contributed by atoms with van der Waals surface area (Å²) in [7, 11) is 0. The van der Waals surface area contributed by atoms with E-state index in [-0.39, 0.29) is 95.8 Å². The molecule has 406 valence electrons. The molecular formula is C52H88N10O10. The summed E-state index contributed by atoms with van der Waals surface area (Å²) < 4.78 is 0. The number of amides is 7. The van der Waals surface area contributed by atoms with Gasteiger partial charge in [0.05, 0.1) is 24.6 Å². The smallest absolute Gasteiger partial charge is 0.243 e. The van der Waals surface area contributed by atoms with E-state index in [9.17, 15) is 48.3 Å². The van der Waals surface area contributed by atoms with Gasteiger partial charge in [0, 0.05) is 31.2 Å². The van der Waals surface area contributed by atoms with Crippen LogP contribution in [0.3, 0.4) is 0 Å². The Morgan fingerprint density at radius 1 is 0.667 bits per heavy atom. The molecule has 72 heavy (non-hydrogen) atoms. The molecule has 9 atom stereocenters. The molecule has 1 saturated heterocycles. The first-order valence-corrected chi connectivity index (χ1v) is 26.2. The molecule has 20 heteroatoms. The van der Waals surface area contributed by atoms with Gasteiger partial charge in [0.15, 0.2) is 11.6 Å². The highest BCUT2D eigenvalue weighted by Gasteiger charge is 2.35. The van der Waals surface area contributed by atoms with Crippen molar-refractivity contribution in [1.29, 1.82) is 0 Å². The quantitative estimate of drug-likeness (QED) is 0.0647. The lowest BCUT2D eigenvalue weighted by Crippen LogP contribution is -2.58. The fraction of sp³-hybridized carbons (Fsp3) is 0.712. The lowest BCUT2D eigenvalue weighted by Gasteiger charge is -2.27. The van der Waals surface area contributed by atoms with Crippen molar-refractivity contribution in [2.75, 3.05) is 26.2 Å². The standard InChI is InChI=1S/C52H88N10O10/c1-7-8-9-10-14-17-38(63)31-46(66)58-39(18-22-53)44(64)29-36-21-25-56-50(70)42(26-32(2)3)62-51(71)41(20-24-55)60-47(67)34(6)57-52(72)43(27-33(4)5)61-49(69)37(28-35-15-12-11-13-16-35)30-45(65)40(19-23-54)59-48(36)68/h11-13,15-16,32-34,36-43,63H,7-10,14,17-31,53-55H2,1-6H3,(H,56,70)(H,57,72)(H,58,66)(H,59,68)(H,60,67)(H,61,69)(H,62,71)/t34-,36+,37-,38+,39+,40-,41-,42-,43-/m0/s1. The van der Waals surface area contributed by atoms with E-state index in [1.165, 1.54) is 6.92 Å². The molecule has 0 radical (unpaired) electrons. The zero-order valence-corrected chi connectivity index (χ0v) is 43.7. The van der Waals surface area contributed by atoms with Crippen LogP contribution in [-0.2, 0) is 49.6 Å². The summed E-state index contributed by atoms with van der Waals surface area (Å²) in [6.07, 6.45) is 3.58. The number of nitrogens with two attached hydrogens (primary N) is 3. The molecule has 1 aliphatic rings. The van der Waals surface area contributed by atoms with Crippen LogP contribution in [0, 0.1) is 23.7 Å². The first-order chi connectivity index (χ1) is 34.2. The number of nitrogens with one attached hydrogen (secondary N) is 7. The van der Waals surface area contributed by atoms with Crippen LogP contribution < -0.4 is 54.4 Å². The Bertz CT molecular complexity index is 1890. The van der Waals surface area contributed by atoms with E-state index < -0.39 is 114 Å². The molecule has 2 rings (SSSR count). The van der Waals surface area contributed by atoms with Gasteiger partial charge in [-0.15, -0.1) is 0 Å². The number of carbonyl (C=O) groups is 9. The third-order valence-electron chi connectivity index (χ3n) is 12.7. The van der Waals surface area contributed by atoms with Crippen molar-refractivity contribution in [3.05, 3.63) is 35.9 Å². The van der Waals surface area contributed by atoms with Gasteiger partial charge in [-0.2, -0.15) is 0 Å². The molecule has 0 bridgehead atoms. The molecule has 1 aromatic carbocycles. The summed E-state index contributed by atoms with van der Waals surface area (Å²) in [6.45, 7) is 10.7. The maximum Gasteiger partial charge on any atom is 0.243 e. The maximum atomic E-state index is 14.4. The molecule has 0 saturated carbocycles. The Kier molecular flexibility index (Phi) is 29.8. The van der Waals surface area contributed by atoms with Crippen LogP contribution in [0.2, 0.25) is 0 Å². The third-order valence-corrected chi connectivity index (χ3v) is 12.7. The van der Waals surface area contributed by atoms with Gasteiger partial charge in [-0.1, -0.05) is 97.1 Å². The van der Waals surface area contributed by atoms with Crippen LogP contribution in [0.15, 0.2) is 30.3 Å². The van der Waals surface area contributed by atoms with Crippen molar-refractivity contribution in [3.63, 3.8) is 0 Å². The highest BCUT2D eigenvalue weighted by atomic mass is 16.3. The van der Waals surface area contributed by atoms with Gasteiger partial charge < -0.3 is 59.5 Å². The molecule has 1 fully saturated rings. The Morgan fingerprint density at radius 3 is 1.83 bits per heavy atom. The Labute approximate surface area is 426 Å². The van der Waals surface area contributed by atoms with Crippen molar-refractivity contribution in [1.82, 2.24) is 37.2 Å². The van der Waals surface area contributed by atoms with Gasteiger partial charge in [-0.3, -0.25) is 43.2 Å². The SMILES string of the molecule is CCCCCCC[C@@H](O)CC(=O)N[C@H](CCN)C(=O)C[C@H]1CCNC(=O)[C@H](CC(C)C)NC(=O)[C@H](CCN)NC(=O)[C@H](C)NC(=O)[C@H](CC(C)C)NC(=O)[C@@H](Cc2ccccc2)CC(=O)[C@H](CCN)NC1=O. The fourth-order valence-electron chi connectivity index (χ4n) is 8.63. The largest absolute Gasteiger partial charge is 0.393 e. The number of benzene rings is 1. The molecule has 1 aromatic rings. The topological polar surface area (TPSA) is 336 Å². The number of Topliss-reactive ketones (excluding diaryl/α,β-unsaturated/α-hetero) is 2. The molecule has 0 spiro atoms. The van der Waals surface area contributed by atoms with Crippen molar-refractivity contribution in [2.24, 2.45) is 40.9 Å². The van der Waals surface area contributed by atoms with Crippen LogP contribution in [0.4, 0.5) is 0 Å². The summed E-state index contributed by atoms with van der Waals surface area (Å²) in [4.78, 5) is 126. The van der Waals surface area contributed by atoms with Gasteiger partial charge in [0.2, 0.25) is 41.4 Å². The predicted molar refractivity (Wildman–Crippen MR) is 275 cm³/mol. The number of carbonyl (C=O) groups excluding carboxylic acids is 9. The second kappa shape index (κ2) is 34.2. The average molecular weight is 1010 g/mol. The molecule has 14 N–H and O–H groups in total. The zero-order valence-electron chi connectivity index (χ0n) is 43.7. The zero-order chi connectivity index (χ0) is 53.8. The minimum absolute atomic E-state index is 0.00901. The summed E-state index contributed by atoms with van der Waals surface area (Å²) in [5, 5.41) is 29.7. The van der Waals surface area contributed by atoms with Crippen molar-refractivity contribution in [3.8, 4) is 0 Å². The maximum absolute atomic E-state index is 14.4. The van der Waals surface area contributed by atoms with Gasteiger partial charge in [0.25, 0.3) is 0 Å². The number of hydrogen-bond donors (Lipinski definition) is 11. The van der Waals surface area contributed by atoms with Crippen molar-refractivity contribution in [2.45, 2.75) is 187 Å². The van der Waals surface area contributed by atoms with E-state index in [1.54, 1.807) is 30.3 Å². The van der Waals surface area contributed by atoms with E-state index in [1.807, 2.05) is 27.7 Å². The number of hydrogen-bond acceptors (Lipinski definition) is 13. The van der Waals surface area contributed by atoms with Crippen molar-refractivity contribution >= 4 is 52.9 Å². The summed E-state index contributed by atoms with van der Waals surface area (Å²) in [5.74, 6) is -8.10. The summed E-state index contributed by atoms with van der Waals surface area (Å²) >= 11 is 0. The number of ketones is 2. The minimum Gasteiger partial charge on any atom is -0.393 e. The van der Waals surface area contributed by atoms with E-state index in [4.69, 9.17) is 17.2 Å². The van der Waals surface area contributed by atoms with Crippen LogP contribution in [-0.4, -0.2) is 127 Å². The second-order valence-corrected chi connectivity index (χ2v) is 20.2. The minimum atomic E-state index is -1.22. The highest BCUT2D eigenvalue weighted by Crippen LogP contribution is 2.20. The van der Waals surface area contributed by atoms with E-state index in [0.717, 1.165) is 37.7 Å². The Balaban J connectivity index is 2.64. The fourth-order valence-corrected chi connectivity index (χ4v) is 8.63. The number of unbranched alkanes of at least 4 members (excludes halogenated alkanes) is 4. The number of rotatable bonds is 24. The Hall–Kier alpha value is -5.31. The molecule has 1 heterocycles. The highest BCUT2D eigenvalue weighted by molar-refractivity contribution is 5.98. The van der Waals surface area contributed by atoms with Crippen LogP contribution in [0.5, 0.6) is 0 Å². The van der Waals surface area contributed by atoms with Gasteiger partial charge in [0.1, 0.15) is 24.2 Å². The van der Waals surface area contributed by atoms with Gasteiger partial charge in [-0.05, 0) is 95.3 Å². The monoisotopic (exact) mass is 1010 g/mol. The average Bonchev–Trinajstić information content (AvgIpc) is 3.31. The first kappa shape index (κ1) is 62.8. The lowest BCUT2D eigenvalue weighted by molar-refractivity contribution is -0.136. The summed E-state index contributed by atoms with van der Waals surface area (Å²) in [5.41, 5.74) is 18.5. The predicted octanol–water partition coefficient (Wildman–Crippen LogP) is 1.08. The van der Waals surface area contributed by atoms with E-state index >= 15 is 0 Å². The van der Waals surface area contributed by atoms with Gasteiger partial charge in [-0.25, -0.2) is 0 Å². The Morgan fingerprint density at radius 2 is 1.22 bits per heavy atom. The molecule has 7 amide bonds. The molecule has 0 unspecified atom stereocenters. The molecule has 1 aliphatic heterocycles. The van der Waals surface area contributed by atoms with E-state index in [0.29, 0.717) is 6.42 Å². The van der Waals surface area contributed by atoms with E-state index in [2.05, 4.69) is 44.1 Å². The second-order valence-electron chi connectivity index (χ2n) is 20.2. The molecule has 20 nitrogen and oxygen atoms in total. The first-order valence-electron chi connectivity index (χ1n) is 26.2. The van der Waals surface area contributed by atoms with Crippen LogP contribution in [0.1, 0.15) is 143 Å². The molecule has 0 aliphatic carbocycles. The van der Waals surface area contributed by atoms with Crippen molar-refractivity contribution < 1.29 is 48.3 Å². The molecule has 0 aromatic heterocycles. The summed E-state index contributed by atoms with van der Waals surface area (Å²) in [6, 6.07) is 2.00. The number of aliphatic hydroxyl groups is 1. The van der Waals surface area contributed by atoms with Gasteiger partial charge >= 0.3 is 0 Å². The normalized spacial score (nSPS) is 23.5. The van der Waals surface area contributed by atoms with Crippen LogP contribution in [0.25, 0.3) is 0 Å². The van der Waals surface area contributed by atoms with Crippen LogP contribution >= 0.6 is 0 Å². The third kappa shape index (κ3) is 23.9. The molecular weight excluding hydrogens is 925 g/mol. The number of aliphatic hydroxyl groups excluding tert-OH is 1.